The van der Waals surface area contributed by atoms with E-state index in [1.54, 1.807) is 18.2 Å². The van der Waals surface area contributed by atoms with E-state index in [1.165, 1.54) is 9.87 Å². The fraction of sp³-hybridized carbons (Fsp3) is 0.381. The van der Waals surface area contributed by atoms with Gasteiger partial charge in [-0.3, -0.25) is 4.79 Å². The molecule has 1 fully saturated rings. The molecule has 1 aliphatic rings. The number of hydrogen-bond acceptors (Lipinski definition) is 3. The van der Waals surface area contributed by atoms with Crippen LogP contribution >= 0.6 is 23.2 Å². The number of amides is 1. The lowest BCUT2D eigenvalue weighted by atomic mass is 9.97. The highest BCUT2D eigenvalue weighted by atomic mass is 35.5. The molecule has 8 heteroatoms. The third kappa shape index (κ3) is 5.95. The van der Waals surface area contributed by atoms with E-state index in [0.717, 1.165) is 6.42 Å². The van der Waals surface area contributed by atoms with Crippen molar-refractivity contribution in [1.29, 1.82) is 0 Å². The highest BCUT2D eigenvalue weighted by Crippen LogP contribution is 2.28. The maximum Gasteiger partial charge on any atom is 0.223 e. The number of carbonyl (C=O) groups is 1. The minimum Gasteiger partial charge on any atom is -0.356 e. The van der Waals surface area contributed by atoms with Gasteiger partial charge in [-0.25, -0.2) is 12.7 Å². The molecule has 0 spiro atoms. The second-order valence-electron chi connectivity index (χ2n) is 7.16. The molecule has 5 nitrogen and oxygen atoms in total. The van der Waals surface area contributed by atoms with E-state index in [9.17, 15) is 13.2 Å². The fourth-order valence-electron chi connectivity index (χ4n) is 3.46. The summed E-state index contributed by atoms with van der Waals surface area (Å²) in [4.78, 5) is 12.4. The number of sulfonamides is 1. The Morgan fingerprint density at radius 1 is 1.00 bits per heavy atom. The zero-order valence-electron chi connectivity index (χ0n) is 16.0. The molecule has 2 aromatic rings. The molecule has 156 valence electrons. The number of halogens is 2. The molecule has 1 N–H and O–H groups in total. The Morgan fingerprint density at radius 3 is 2.24 bits per heavy atom. The van der Waals surface area contributed by atoms with Gasteiger partial charge >= 0.3 is 0 Å². The van der Waals surface area contributed by atoms with Crippen molar-refractivity contribution in [1.82, 2.24) is 9.62 Å². The summed E-state index contributed by atoms with van der Waals surface area (Å²) >= 11 is 12.2. The molecule has 3 rings (SSSR count). The second kappa shape index (κ2) is 9.94. The van der Waals surface area contributed by atoms with Crippen LogP contribution in [0.2, 0.25) is 10.0 Å². The minimum atomic E-state index is -3.55. The van der Waals surface area contributed by atoms with Crippen molar-refractivity contribution in [3.8, 4) is 0 Å². The normalized spacial score (nSPS) is 15.9. The molecule has 0 unspecified atom stereocenters. The minimum absolute atomic E-state index is 0.00729. The van der Waals surface area contributed by atoms with Crippen LogP contribution in [0.3, 0.4) is 0 Å². The smallest absolute Gasteiger partial charge is 0.223 e. The van der Waals surface area contributed by atoms with Gasteiger partial charge in [0.2, 0.25) is 15.9 Å². The van der Waals surface area contributed by atoms with Crippen LogP contribution in [-0.2, 0) is 27.0 Å². The number of nitrogens with zero attached hydrogens (tertiary/aromatic N) is 1. The van der Waals surface area contributed by atoms with Gasteiger partial charge in [-0.1, -0.05) is 59.6 Å². The Kier molecular flexibility index (Phi) is 7.57. The van der Waals surface area contributed by atoms with E-state index in [0.29, 0.717) is 48.1 Å². The molecule has 0 saturated carbocycles. The molecule has 0 aromatic heterocycles. The quantitative estimate of drug-likeness (QED) is 0.689. The van der Waals surface area contributed by atoms with Gasteiger partial charge in [0.15, 0.2) is 0 Å². The fourth-order valence-corrected chi connectivity index (χ4v) is 5.77. The predicted molar refractivity (Wildman–Crippen MR) is 117 cm³/mol. The summed E-state index contributed by atoms with van der Waals surface area (Å²) < 4.78 is 27.0. The highest BCUT2D eigenvalue weighted by molar-refractivity contribution is 7.88. The van der Waals surface area contributed by atoms with Crippen LogP contribution in [0.5, 0.6) is 0 Å². The maximum atomic E-state index is 12.8. The zero-order valence-corrected chi connectivity index (χ0v) is 18.3. The number of carbonyl (C=O) groups excluding carboxylic acids is 1. The summed E-state index contributed by atoms with van der Waals surface area (Å²) in [6.07, 6.45) is 1.79. The van der Waals surface area contributed by atoms with Crippen molar-refractivity contribution in [3.63, 3.8) is 0 Å². The van der Waals surface area contributed by atoms with Crippen LogP contribution < -0.4 is 5.32 Å². The van der Waals surface area contributed by atoms with Gasteiger partial charge in [0.1, 0.15) is 0 Å². The Bertz CT molecular complexity index is 923. The summed E-state index contributed by atoms with van der Waals surface area (Å²) in [6.45, 7) is 1.22. The van der Waals surface area contributed by atoms with Crippen LogP contribution in [0, 0.1) is 5.92 Å². The number of piperidine rings is 1. The van der Waals surface area contributed by atoms with Crippen LogP contribution in [0.1, 0.15) is 24.0 Å². The van der Waals surface area contributed by atoms with Crippen LogP contribution in [0.15, 0.2) is 48.5 Å². The molecular weight excluding hydrogens is 431 g/mol. The number of nitrogens with one attached hydrogen (secondary N) is 1. The van der Waals surface area contributed by atoms with E-state index in [-0.39, 0.29) is 17.6 Å². The zero-order chi connectivity index (χ0) is 20.9. The van der Waals surface area contributed by atoms with Crippen LogP contribution in [0.25, 0.3) is 0 Å². The molecule has 1 heterocycles. The predicted octanol–water partition coefficient (Wildman–Crippen LogP) is 3.89. The topological polar surface area (TPSA) is 66.5 Å². The Hall–Kier alpha value is -1.60. The summed E-state index contributed by atoms with van der Waals surface area (Å²) in [5, 5.41) is 3.65. The van der Waals surface area contributed by atoms with E-state index < -0.39 is 10.0 Å². The van der Waals surface area contributed by atoms with Gasteiger partial charge < -0.3 is 5.32 Å². The first-order valence-electron chi connectivity index (χ1n) is 9.59. The van der Waals surface area contributed by atoms with Gasteiger partial charge in [0, 0.05) is 41.2 Å². The third-order valence-electron chi connectivity index (χ3n) is 5.16. The molecule has 1 amide bonds. The molecule has 1 aliphatic heterocycles. The van der Waals surface area contributed by atoms with Crippen molar-refractivity contribution in [3.05, 3.63) is 69.7 Å². The summed E-state index contributed by atoms with van der Waals surface area (Å²) in [5.74, 6) is -0.410. The van der Waals surface area contributed by atoms with Gasteiger partial charge in [-0.15, -0.1) is 0 Å². The van der Waals surface area contributed by atoms with Gasteiger partial charge in [0.25, 0.3) is 0 Å². The van der Waals surface area contributed by atoms with Gasteiger partial charge in [-0.05, 0) is 37.0 Å². The number of rotatable bonds is 7. The average molecular weight is 455 g/mol. The monoisotopic (exact) mass is 454 g/mol. The van der Waals surface area contributed by atoms with Crippen molar-refractivity contribution in [2.45, 2.75) is 25.0 Å². The first-order valence-corrected chi connectivity index (χ1v) is 12.0. The molecule has 2 aromatic carbocycles. The molecule has 29 heavy (non-hydrogen) atoms. The summed E-state index contributed by atoms with van der Waals surface area (Å²) in [6, 6.07) is 14.9. The van der Waals surface area contributed by atoms with Gasteiger partial charge in [-0.2, -0.15) is 0 Å². The van der Waals surface area contributed by atoms with Crippen LogP contribution in [-0.4, -0.2) is 38.3 Å². The molecule has 0 radical (unpaired) electrons. The molecule has 0 aliphatic carbocycles. The van der Waals surface area contributed by atoms with Gasteiger partial charge in [0.05, 0.1) is 5.75 Å². The van der Waals surface area contributed by atoms with Crippen molar-refractivity contribution in [2.24, 2.45) is 5.92 Å². The summed E-state index contributed by atoms with van der Waals surface area (Å²) in [7, 11) is -3.55. The largest absolute Gasteiger partial charge is 0.356 e. The van der Waals surface area contributed by atoms with Crippen molar-refractivity contribution < 1.29 is 13.2 Å². The lowest BCUT2D eigenvalue weighted by Gasteiger charge is -2.30. The molecule has 0 bridgehead atoms. The van der Waals surface area contributed by atoms with E-state index in [1.807, 2.05) is 30.3 Å². The average Bonchev–Trinajstić information content (AvgIpc) is 2.72. The first-order chi connectivity index (χ1) is 13.9. The lowest BCUT2D eigenvalue weighted by Crippen LogP contribution is -2.43. The first kappa shape index (κ1) is 22.1. The van der Waals surface area contributed by atoms with Crippen molar-refractivity contribution >= 4 is 39.1 Å². The highest BCUT2D eigenvalue weighted by Gasteiger charge is 2.31. The lowest BCUT2D eigenvalue weighted by molar-refractivity contribution is -0.126. The van der Waals surface area contributed by atoms with E-state index in [2.05, 4.69) is 5.32 Å². The molecular formula is C21H24Cl2N2O3S. The van der Waals surface area contributed by atoms with E-state index in [4.69, 9.17) is 23.2 Å². The molecule has 0 atom stereocenters. The SMILES string of the molecule is O=C(NCCc1ccccc1)C1CCN(S(=O)(=O)Cc2c(Cl)cccc2Cl)CC1. The number of benzene rings is 2. The second-order valence-corrected chi connectivity index (χ2v) is 9.94. The standard InChI is InChI=1S/C21H24Cl2N2O3S/c22-19-7-4-8-20(23)18(19)15-29(27,28)25-13-10-17(11-14-25)21(26)24-12-9-16-5-2-1-3-6-16/h1-8,17H,9-15H2,(H,24,26). The third-order valence-corrected chi connectivity index (χ3v) is 7.68. The Balaban J connectivity index is 1.49. The molecule has 1 saturated heterocycles. The van der Waals surface area contributed by atoms with E-state index >= 15 is 0 Å². The summed E-state index contributed by atoms with van der Waals surface area (Å²) in [5.41, 5.74) is 1.59. The van der Waals surface area contributed by atoms with Crippen molar-refractivity contribution in [2.75, 3.05) is 19.6 Å². The Morgan fingerprint density at radius 2 is 1.62 bits per heavy atom. The van der Waals surface area contributed by atoms with Crippen LogP contribution in [0.4, 0.5) is 0 Å². The Labute approximate surface area is 182 Å². The maximum absolute atomic E-state index is 12.8. The number of hydrogen-bond donors (Lipinski definition) is 1.